The Morgan fingerprint density at radius 1 is 0.431 bits per heavy atom. The van der Waals surface area contributed by atoms with Crippen LogP contribution in [-0.4, -0.2) is 112 Å². The molecule has 2 unspecified atom stereocenters. The molecule has 0 heterocycles. The average Bonchev–Trinajstić information content (AvgIpc) is 1.19. The fourth-order valence-electron chi connectivity index (χ4n) is 17.6. The second kappa shape index (κ2) is 63.5. The summed E-state index contributed by atoms with van der Waals surface area (Å²) in [4.78, 5) is 74.3. The Kier molecular flexibility index (Phi) is 61.2. The normalized spacial score (nSPS) is 19.7. The Balaban J connectivity index is 0. The molecule has 0 radical (unpaired) electrons. The van der Waals surface area contributed by atoms with Crippen molar-refractivity contribution in [3.8, 4) is 0 Å². The molecule has 4 atom stereocenters. The van der Waals surface area contributed by atoms with Crippen molar-refractivity contribution in [3.63, 3.8) is 0 Å². The molecular weight excluding hydrogens is 1880 g/mol. The summed E-state index contributed by atoms with van der Waals surface area (Å²) < 4.78 is 103. The van der Waals surface area contributed by atoms with Crippen LogP contribution in [0.4, 0.5) is 35.1 Å². The number of nitrogens with zero attached hydrogens (tertiary/aromatic N) is 1. The molecule has 8 aliphatic carbocycles. The van der Waals surface area contributed by atoms with Crippen LogP contribution in [0.2, 0.25) is 0 Å². The molecule has 0 aliphatic heterocycles. The number of Topliss-reactive ketones (excluding diaryl/α,β-unsaturated/α-hetero) is 5. The molecule has 16 rings (SSSR count). The SMILES string of the molecule is C.C.C.C.CN=C(c1cccc(F)c1)C1(O)CCCC1.CNC1(c2cccc(F)c2)CCCCC1=O.CN[C@@]1(c2cccc(F)c2)CCCCC1=O.CN[C@]1(c2cccc(F)c2)CCCCC1=O.Cl.Cl.Cl.O=C(c1cccc(F)c1)C1(Br)CCCC1.O=C(c1cccc(F)c1)C1CCCC1.O=Cc1cccc(F)c1.OC(c1cccc(F)c1)C1CCCC1.[Br-].[CH-]1CCCC1.[Mg+2]. The van der Waals surface area contributed by atoms with Crippen LogP contribution in [0, 0.1) is 64.8 Å². The van der Waals surface area contributed by atoms with Gasteiger partial charge in [-0.25, -0.2) is 35.1 Å². The Bertz CT molecular complexity index is 4520. The molecular formula is C104H137Br2Cl3F8MgN4O8. The van der Waals surface area contributed by atoms with Gasteiger partial charge in [0.15, 0.2) is 28.9 Å². The van der Waals surface area contributed by atoms with Gasteiger partial charge in [-0.1, -0.05) is 226 Å². The van der Waals surface area contributed by atoms with E-state index in [1.165, 1.54) is 142 Å². The van der Waals surface area contributed by atoms with E-state index in [1.54, 1.807) is 101 Å². The van der Waals surface area contributed by atoms with E-state index in [2.05, 4.69) is 43.3 Å². The molecule has 8 aliphatic rings. The van der Waals surface area contributed by atoms with Crippen LogP contribution in [0.1, 0.15) is 300 Å². The Morgan fingerprint density at radius 2 is 0.754 bits per heavy atom. The zero-order valence-corrected chi connectivity index (χ0v) is 79.5. The molecule has 8 fully saturated rings. The van der Waals surface area contributed by atoms with Gasteiger partial charge in [-0.2, -0.15) is 12.8 Å². The monoisotopic (exact) mass is 2010 g/mol. The number of aldehydes is 1. The smallest absolute Gasteiger partial charge is 1.00 e. The van der Waals surface area contributed by atoms with E-state index in [-0.39, 0.29) is 188 Å². The molecule has 8 saturated carbocycles. The van der Waals surface area contributed by atoms with E-state index < -0.39 is 32.6 Å². The second-order valence-electron chi connectivity index (χ2n) is 32.4. The van der Waals surface area contributed by atoms with Crippen LogP contribution < -0.4 is 32.9 Å². The predicted molar refractivity (Wildman–Crippen MR) is 520 cm³/mol. The molecule has 714 valence electrons. The van der Waals surface area contributed by atoms with Crippen LogP contribution in [0.25, 0.3) is 0 Å². The number of rotatable bonds is 15. The topological polar surface area (TPSA) is 191 Å². The van der Waals surface area contributed by atoms with Crippen molar-refractivity contribution >= 4 is 117 Å². The molecule has 0 amide bonds. The minimum atomic E-state index is -0.859. The number of ketones is 5. The molecule has 130 heavy (non-hydrogen) atoms. The van der Waals surface area contributed by atoms with Crippen molar-refractivity contribution in [2.45, 2.75) is 268 Å². The largest absolute Gasteiger partial charge is 2.00 e. The molecule has 0 saturated heterocycles. The average molecular weight is 2010 g/mol. The van der Waals surface area contributed by atoms with Gasteiger partial charge < -0.3 is 49.6 Å². The number of alkyl halides is 1. The van der Waals surface area contributed by atoms with Gasteiger partial charge in [0.25, 0.3) is 0 Å². The third-order valence-corrected chi connectivity index (χ3v) is 25.4. The number of carbonyl (C=O) groups is 6. The quantitative estimate of drug-likeness (QED) is 0.0125. The number of aliphatic hydroxyl groups excluding tert-OH is 1. The summed E-state index contributed by atoms with van der Waals surface area (Å²) in [5.41, 5.74) is 2.77. The maximum atomic E-state index is 13.2. The molecule has 8 aromatic rings. The van der Waals surface area contributed by atoms with Crippen molar-refractivity contribution in [1.82, 2.24) is 16.0 Å². The van der Waals surface area contributed by atoms with Gasteiger partial charge in [0, 0.05) is 54.5 Å². The molecule has 0 spiro atoms. The number of hydrogen-bond acceptors (Lipinski definition) is 12. The molecule has 5 N–H and O–H groups in total. The summed E-state index contributed by atoms with van der Waals surface area (Å²) >= 11 is 3.50. The van der Waals surface area contributed by atoms with Crippen LogP contribution in [0.15, 0.2) is 199 Å². The van der Waals surface area contributed by atoms with Gasteiger partial charge in [-0.15, -0.1) is 37.2 Å². The van der Waals surface area contributed by atoms with Crippen molar-refractivity contribution < 1.29 is 91.1 Å². The van der Waals surface area contributed by atoms with E-state index in [9.17, 15) is 74.1 Å². The number of aliphatic imine (C=N–C) groups is 1. The Labute approximate surface area is 822 Å². The standard InChI is InChI=1S/4C13H16FNO.C12H12BrFO.C12H15FO.C12H13FO.C7H5FO.C5H9.4CH4.BrH.3ClH.Mg/c1-15-12(13(16)7-2-3-8-13)10-5-4-6-11(14)9-10;3*1-15-13(8-3-2-7-12(13)16)10-5-4-6-11(14)9-10;13-12(6-1-2-7-12)11(15)9-4-3-5-10(14)8-9;2*13-11-7-3-6-10(8-11)12(14)9-4-1-2-5-9;8-7-3-1-2-6(4-7)5-9;1-2-4-5-3-1;;;;;;;;;/h4-6,9,16H,2-3,7-8H2,1H3;3*4-6,9,15H,2-3,7-8H2,1H3;3-5,8H,1-2,6-7H2;3,6-9,12,14H,1-2,4-5H2;3,6-9H,1-2,4-5H2;1-5H;1H,2-5H2;4*1H4;4*1H;/q;;;;;;;;-1;;;;;;;;;+2/p-1/t;2*13-;;;;;;;;;;;;;;;/m.10.............../s1. The van der Waals surface area contributed by atoms with E-state index >= 15 is 0 Å². The molecule has 12 nitrogen and oxygen atoms in total. The maximum Gasteiger partial charge on any atom is 2.00 e. The summed E-state index contributed by atoms with van der Waals surface area (Å²) in [5, 5.41) is 29.7. The van der Waals surface area contributed by atoms with Gasteiger partial charge in [0.1, 0.15) is 75.0 Å². The number of nitrogens with one attached hydrogen (secondary N) is 3. The van der Waals surface area contributed by atoms with Gasteiger partial charge in [-0.3, -0.25) is 33.8 Å². The number of hydrogen-bond donors (Lipinski definition) is 5. The summed E-state index contributed by atoms with van der Waals surface area (Å²) in [6.07, 6.45) is 34.0. The third-order valence-electron chi connectivity index (χ3n) is 24.3. The first-order valence-corrected chi connectivity index (χ1v) is 43.7. The van der Waals surface area contributed by atoms with Crippen molar-refractivity contribution in [2.75, 3.05) is 28.2 Å². The first-order valence-electron chi connectivity index (χ1n) is 42.9. The summed E-state index contributed by atoms with van der Waals surface area (Å²) in [6, 6.07) is 49.0. The zero-order valence-electron chi connectivity index (χ0n) is 72.5. The maximum absolute atomic E-state index is 13.2. The minimum Gasteiger partial charge on any atom is -1.00 e. The fraction of sp³-hybridized carbons (Fsp3) is 0.462. The molecule has 26 heteroatoms. The number of carbonyl (C=O) groups excluding carboxylic acids is 6. The predicted octanol–water partition coefficient (Wildman–Crippen LogP) is 23.5. The molecule has 0 bridgehead atoms. The first kappa shape index (κ1) is 125. The summed E-state index contributed by atoms with van der Waals surface area (Å²) in [5.74, 6) is -1.36. The third kappa shape index (κ3) is 36.5. The Hall–Kier alpha value is -6.71. The number of halogens is 13. The fourth-order valence-corrected chi connectivity index (χ4v) is 18.4. The first-order chi connectivity index (χ1) is 58.2. The minimum absolute atomic E-state index is 0. The van der Waals surface area contributed by atoms with E-state index in [0.717, 1.165) is 170 Å². The van der Waals surface area contributed by atoms with Crippen molar-refractivity contribution in [3.05, 3.63) is 292 Å². The van der Waals surface area contributed by atoms with E-state index in [0.29, 0.717) is 59.4 Å². The summed E-state index contributed by atoms with van der Waals surface area (Å²) in [6.45, 7) is 0. The van der Waals surface area contributed by atoms with Crippen LogP contribution >= 0.6 is 53.2 Å². The van der Waals surface area contributed by atoms with Crippen LogP contribution in [-0.2, 0) is 31.0 Å². The molecule has 8 aromatic carbocycles. The van der Waals surface area contributed by atoms with E-state index in [1.807, 2.05) is 18.2 Å². The molecule has 0 aromatic heterocycles. The van der Waals surface area contributed by atoms with Crippen molar-refractivity contribution in [2.24, 2.45) is 16.8 Å². The van der Waals surface area contributed by atoms with Crippen LogP contribution in [0.5, 0.6) is 0 Å². The number of benzene rings is 8. The number of likely N-dealkylation sites (N-methyl/N-ethyl adjacent to an activating group) is 3. The van der Waals surface area contributed by atoms with Gasteiger partial charge in [0.05, 0.1) is 16.1 Å². The number of aliphatic hydroxyl groups is 2. The van der Waals surface area contributed by atoms with Crippen molar-refractivity contribution in [1.29, 1.82) is 0 Å². The van der Waals surface area contributed by atoms with Gasteiger partial charge in [-0.05, 0) is 236 Å². The zero-order chi connectivity index (χ0) is 87.4. The van der Waals surface area contributed by atoms with Gasteiger partial charge in [0.2, 0.25) is 0 Å². The van der Waals surface area contributed by atoms with Gasteiger partial charge >= 0.3 is 23.1 Å². The Morgan fingerprint density at radius 3 is 1.09 bits per heavy atom. The second-order valence-corrected chi connectivity index (χ2v) is 33.9. The van der Waals surface area contributed by atoms with E-state index in [4.69, 9.17) is 0 Å². The summed E-state index contributed by atoms with van der Waals surface area (Å²) in [7, 11) is 6.97. The van der Waals surface area contributed by atoms with Crippen LogP contribution in [0.3, 0.4) is 0 Å².